The quantitative estimate of drug-likeness (QED) is 0.143. The first-order chi connectivity index (χ1) is 22.8. The Kier molecular flexibility index (Phi) is 12.5. The van der Waals surface area contributed by atoms with Gasteiger partial charge in [0.1, 0.15) is 6.61 Å². The Hall–Kier alpha value is -4.59. The fourth-order valence-corrected chi connectivity index (χ4v) is 5.57. The molecule has 1 aliphatic carbocycles. The van der Waals surface area contributed by atoms with Gasteiger partial charge < -0.3 is 26.6 Å². The van der Waals surface area contributed by atoms with E-state index in [9.17, 15) is 18.0 Å². The van der Waals surface area contributed by atoms with Crippen molar-refractivity contribution in [1.82, 2.24) is 15.3 Å². The number of hydrogen-bond donors (Lipinski definition) is 4. The SMILES string of the molecule is NC(=O)c1ccc(OCc2ncccn2)c(F)c1-c1cc(C(CNC2CCC(N)CC2)c2ccccc2)ccc1Cl.O=C(O)C(F)(F)F. The number of halogens is 5. The van der Waals surface area contributed by atoms with Crippen LogP contribution in [-0.4, -0.2) is 51.8 Å². The maximum Gasteiger partial charge on any atom is 0.490 e. The number of carbonyl (C=O) groups is 2. The van der Waals surface area contributed by atoms with E-state index >= 15 is 4.39 Å². The molecule has 1 unspecified atom stereocenters. The molecule has 254 valence electrons. The minimum Gasteiger partial charge on any atom is -0.483 e. The molecule has 9 nitrogen and oxygen atoms in total. The normalized spacial score (nSPS) is 16.7. The largest absolute Gasteiger partial charge is 0.490 e. The number of ether oxygens (including phenoxy) is 1. The van der Waals surface area contributed by atoms with Gasteiger partial charge in [-0.25, -0.2) is 19.2 Å². The second kappa shape index (κ2) is 16.5. The maximum atomic E-state index is 16.1. The topological polar surface area (TPSA) is 153 Å². The van der Waals surface area contributed by atoms with Gasteiger partial charge in [-0.3, -0.25) is 4.79 Å². The lowest BCUT2D eigenvalue weighted by atomic mass is 9.87. The molecule has 0 bridgehead atoms. The number of alkyl halides is 3. The van der Waals surface area contributed by atoms with Crippen molar-refractivity contribution in [2.75, 3.05) is 6.54 Å². The van der Waals surface area contributed by atoms with Gasteiger partial charge in [0, 0.05) is 53.1 Å². The molecule has 1 aliphatic rings. The van der Waals surface area contributed by atoms with Crippen molar-refractivity contribution in [1.29, 1.82) is 0 Å². The first kappa shape index (κ1) is 36.2. The third-order valence-electron chi connectivity index (χ3n) is 7.84. The van der Waals surface area contributed by atoms with Crippen LogP contribution in [0.4, 0.5) is 17.6 Å². The van der Waals surface area contributed by atoms with Crippen LogP contribution in [0.3, 0.4) is 0 Å². The Morgan fingerprint density at radius 3 is 2.23 bits per heavy atom. The summed E-state index contributed by atoms with van der Waals surface area (Å²) >= 11 is 6.66. The van der Waals surface area contributed by atoms with Crippen molar-refractivity contribution in [3.63, 3.8) is 0 Å². The van der Waals surface area contributed by atoms with Crippen molar-refractivity contribution in [3.8, 4) is 16.9 Å². The summed E-state index contributed by atoms with van der Waals surface area (Å²) in [6.07, 6.45) is 2.14. The van der Waals surface area contributed by atoms with Crippen molar-refractivity contribution >= 4 is 23.5 Å². The third-order valence-corrected chi connectivity index (χ3v) is 8.17. The average molecular weight is 688 g/mol. The van der Waals surface area contributed by atoms with Crippen LogP contribution in [-0.2, 0) is 11.4 Å². The van der Waals surface area contributed by atoms with Crippen molar-refractivity contribution < 1.29 is 37.0 Å². The van der Waals surface area contributed by atoms with Crippen LogP contribution in [0.1, 0.15) is 58.9 Å². The molecule has 1 aromatic heterocycles. The summed E-state index contributed by atoms with van der Waals surface area (Å²) in [7, 11) is 0. The number of benzene rings is 3. The lowest BCUT2D eigenvalue weighted by Crippen LogP contribution is -2.39. The van der Waals surface area contributed by atoms with Crippen LogP contribution in [0.2, 0.25) is 5.02 Å². The van der Waals surface area contributed by atoms with E-state index in [0.717, 1.165) is 36.8 Å². The summed E-state index contributed by atoms with van der Waals surface area (Å²) < 4.78 is 53.5. The van der Waals surface area contributed by atoms with E-state index in [0.29, 0.717) is 29.0 Å². The zero-order valence-corrected chi connectivity index (χ0v) is 26.3. The molecule has 0 aliphatic heterocycles. The Labute approximate surface area is 279 Å². The molecule has 14 heteroatoms. The Morgan fingerprint density at radius 2 is 1.62 bits per heavy atom. The second-order valence-corrected chi connectivity index (χ2v) is 11.6. The fourth-order valence-electron chi connectivity index (χ4n) is 5.36. The minimum absolute atomic E-state index is 0.00290. The molecule has 1 fully saturated rings. The van der Waals surface area contributed by atoms with Crippen LogP contribution < -0.4 is 21.5 Å². The summed E-state index contributed by atoms with van der Waals surface area (Å²) in [6, 6.07) is 20.8. The van der Waals surface area contributed by atoms with E-state index in [1.807, 2.05) is 30.3 Å². The highest BCUT2D eigenvalue weighted by Gasteiger charge is 2.38. The smallest absolute Gasteiger partial charge is 0.483 e. The lowest BCUT2D eigenvalue weighted by molar-refractivity contribution is -0.192. The fraction of sp³-hybridized carbons (Fsp3) is 0.294. The number of carboxylic acid groups (broad SMARTS) is 1. The number of nitrogens with zero attached hydrogens (tertiary/aromatic N) is 2. The summed E-state index contributed by atoms with van der Waals surface area (Å²) in [5, 5.41) is 11.1. The number of nitrogens with one attached hydrogen (secondary N) is 1. The number of aromatic nitrogens is 2. The predicted molar refractivity (Wildman–Crippen MR) is 172 cm³/mol. The number of rotatable bonds is 10. The summed E-state index contributed by atoms with van der Waals surface area (Å²) in [5.74, 6) is -3.97. The zero-order valence-electron chi connectivity index (χ0n) is 25.6. The first-order valence-electron chi connectivity index (χ1n) is 15.0. The van der Waals surface area contributed by atoms with E-state index in [1.165, 1.54) is 12.1 Å². The minimum atomic E-state index is -5.08. The Bertz CT molecular complexity index is 1690. The molecule has 6 N–H and O–H groups in total. The molecule has 5 rings (SSSR count). The number of nitrogens with two attached hydrogens (primary N) is 2. The van der Waals surface area contributed by atoms with Crippen molar-refractivity contribution in [2.45, 2.75) is 56.5 Å². The molecule has 1 saturated carbocycles. The monoisotopic (exact) mass is 687 g/mol. The molecular weight excluding hydrogens is 654 g/mol. The van der Waals surface area contributed by atoms with Crippen LogP contribution in [0.25, 0.3) is 11.1 Å². The molecular formula is C34H34ClF4N5O4. The predicted octanol–water partition coefficient (Wildman–Crippen LogP) is 6.24. The van der Waals surface area contributed by atoms with E-state index in [4.69, 9.17) is 37.7 Å². The van der Waals surface area contributed by atoms with Crippen LogP contribution in [0.15, 0.2) is 79.1 Å². The average Bonchev–Trinajstić information content (AvgIpc) is 3.06. The van der Waals surface area contributed by atoms with Crippen molar-refractivity contribution in [2.24, 2.45) is 11.5 Å². The lowest BCUT2D eigenvalue weighted by Gasteiger charge is -2.29. The first-order valence-corrected chi connectivity index (χ1v) is 15.4. The summed E-state index contributed by atoms with van der Waals surface area (Å²) in [6.45, 7) is 0.630. The van der Waals surface area contributed by atoms with Gasteiger partial charge in [0.05, 0.1) is 5.56 Å². The van der Waals surface area contributed by atoms with E-state index in [-0.39, 0.29) is 35.4 Å². The van der Waals surface area contributed by atoms with Gasteiger partial charge in [-0.05, 0) is 67.1 Å². The van der Waals surface area contributed by atoms with Gasteiger partial charge >= 0.3 is 12.1 Å². The van der Waals surface area contributed by atoms with Gasteiger partial charge in [0.15, 0.2) is 17.4 Å². The van der Waals surface area contributed by atoms with E-state index < -0.39 is 23.9 Å². The standard InChI is InChI=1S/C32H33ClFN5O2.C2HF3O2/c33-27-13-7-21(26(20-5-2-1-3-6-20)18-39-23-10-8-22(35)9-11-23)17-25(27)30-24(32(36)40)12-14-28(31(30)34)41-19-29-37-15-4-16-38-29;3-2(4,5)1(6)7/h1-7,12-17,22-23,26,39H,8-11,18-19,35H2,(H2,36,40);(H,6,7). The van der Waals surface area contributed by atoms with Crippen LogP contribution in [0, 0.1) is 5.82 Å². The third kappa shape index (κ3) is 9.72. The highest BCUT2D eigenvalue weighted by molar-refractivity contribution is 6.33. The highest BCUT2D eigenvalue weighted by Crippen LogP contribution is 2.39. The van der Waals surface area contributed by atoms with Gasteiger partial charge in [-0.2, -0.15) is 13.2 Å². The number of aliphatic carboxylic acids is 1. The van der Waals surface area contributed by atoms with Gasteiger partial charge in [0.25, 0.3) is 0 Å². The summed E-state index contributed by atoms with van der Waals surface area (Å²) in [4.78, 5) is 29.5. The zero-order chi connectivity index (χ0) is 34.8. The molecule has 0 spiro atoms. The highest BCUT2D eigenvalue weighted by atomic mass is 35.5. The second-order valence-electron chi connectivity index (χ2n) is 11.1. The van der Waals surface area contributed by atoms with Crippen LogP contribution >= 0.6 is 11.6 Å². The number of amides is 1. The summed E-state index contributed by atoms with van der Waals surface area (Å²) in [5.41, 5.74) is 14.2. The number of carboxylic acids is 1. The van der Waals surface area contributed by atoms with Crippen molar-refractivity contribution in [3.05, 3.63) is 112 Å². The molecule has 1 atom stereocenters. The number of primary amides is 1. The molecule has 1 heterocycles. The van der Waals surface area contributed by atoms with Gasteiger partial charge in [-0.15, -0.1) is 0 Å². The Balaban J connectivity index is 0.000000671. The van der Waals surface area contributed by atoms with E-state index in [1.54, 1.807) is 24.5 Å². The van der Waals surface area contributed by atoms with Gasteiger partial charge in [0.2, 0.25) is 5.91 Å². The number of carbonyl (C=O) groups excluding carboxylic acids is 1. The maximum absolute atomic E-state index is 16.1. The molecule has 0 saturated heterocycles. The van der Waals surface area contributed by atoms with Crippen LogP contribution in [0.5, 0.6) is 5.75 Å². The molecule has 4 aromatic rings. The van der Waals surface area contributed by atoms with Gasteiger partial charge in [-0.1, -0.05) is 48.0 Å². The molecule has 48 heavy (non-hydrogen) atoms. The molecule has 1 amide bonds. The molecule has 3 aromatic carbocycles. The van der Waals surface area contributed by atoms with E-state index in [2.05, 4.69) is 27.4 Å². The Morgan fingerprint density at radius 1 is 0.979 bits per heavy atom. The number of hydrogen-bond acceptors (Lipinski definition) is 7. The molecule has 0 radical (unpaired) electrons.